The minimum Gasteiger partial charge on any atom is -0.472 e. The molecule has 24 heavy (non-hydrogen) atoms. The molecule has 1 fully saturated rings. The average Bonchev–Trinajstić information content (AvgIpc) is 3.08. The van der Waals surface area contributed by atoms with Crippen LogP contribution in [0.25, 0.3) is 0 Å². The summed E-state index contributed by atoms with van der Waals surface area (Å²) < 4.78 is 11.1. The number of nitrogens with one attached hydrogen (secondary N) is 1. The van der Waals surface area contributed by atoms with Crippen molar-refractivity contribution in [2.45, 2.75) is 32.3 Å². The number of ether oxygens (including phenoxy) is 2. The van der Waals surface area contributed by atoms with E-state index in [0.29, 0.717) is 30.6 Å². The van der Waals surface area contributed by atoms with Crippen LogP contribution in [0.1, 0.15) is 42.1 Å². The number of aromatic nitrogens is 1. The molecular formula is C19H22N2O3. The van der Waals surface area contributed by atoms with E-state index in [1.807, 2.05) is 24.3 Å². The van der Waals surface area contributed by atoms with Gasteiger partial charge in [0.1, 0.15) is 6.10 Å². The van der Waals surface area contributed by atoms with E-state index in [1.54, 1.807) is 18.3 Å². The van der Waals surface area contributed by atoms with E-state index in [0.717, 1.165) is 17.7 Å². The normalized spacial score (nSPS) is 17.0. The van der Waals surface area contributed by atoms with Crippen molar-refractivity contribution in [3.8, 4) is 5.88 Å². The SMILES string of the molecule is CC(C)c1ccccc1NC(=O)c1ccnc(OC2CCOC2)c1. The van der Waals surface area contributed by atoms with Crippen molar-refractivity contribution in [2.24, 2.45) is 0 Å². The van der Waals surface area contributed by atoms with E-state index in [1.165, 1.54) is 0 Å². The van der Waals surface area contributed by atoms with Crippen molar-refractivity contribution < 1.29 is 14.3 Å². The first-order valence-corrected chi connectivity index (χ1v) is 8.24. The molecule has 1 unspecified atom stereocenters. The molecule has 0 radical (unpaired) electrons. The van der Waals surface area contributed by atoms with Gasteiger partial charge in [-0.15, -0.1) is 0 Å². The summed E-state index contributed by atoms with van der Waals surface area (Å²) in [6.07, 6.45) is 2.45. The van der Waals surface area contributed by atoms with Gasteiger partial charge in [-0.1, -0.05) is 32.0 Å². The first kappa shape index (κ1) is 16.5. The second kappa shape index (κ2) is 7.45. The van der Waals surface area contributed by atoms with Gasteiger partial charge < -0.3 is 14.8 Å². The summed E-state index contributed by atoms with van der Waals surface area (Å²) in [5.41, 5.74) is 2.47. The van der Waals surface area contributed by atoms with Crippen LogP contribution >= 0.6 is 0 Å². The van der Waals surface area contributed by atoms with Gasteiger partial charge in [-0.25, -0.2) is 4.98 Å². The van der Waals surface area contributed by atoms with Gasteiger partial charge in [-0.3, -0.25) is 4.79 Å². The van der Waals surface area contributed by atoms with Gasteiger partial charge >= 0.3 is 0 Å². The number of pyridine rings is 1. The molecule has 2 heterocycles. The van der Waals surface area contributed by atoms with Crippen LogP contribution in [-0.4, -0.2) is 30.2 Å². The number of hydrogen-bond donors (Lipinski definition) is 1. The van der Waals surface area contributed by atoms with Crippen molar-refractivity contribution in [1.29, 1.82) is 0 Å². The maximum absolute atomic E-state index is 12.6. The van der Waals surface area contributed by atoms with Crippen molar-refractivity contribution in [3.05, 3.63) is 53.7 Å². The third-order valence-corrected chi connectivity index (χ3v) is 4.00. The van der Waals surface area contributed by atoms with E-state index < -0.39 is 0 Å². The highest BCUT2D eigenvalue weighted by atomic mass is 16.5. The minimum absolute atomic E-state index is 0.0116. The molecule has 2 aromatic rings. The Morgan fingerprint density at radius 3 is 2.92 bits per heavy atom. The summed E-state index contributed by atoms with van der Waals surface area (Å²) in [5, 5.41) is 2.98. The molecule has 0 bridgehead atoms. The number of hydrogen-bond acceptors (Lipinski definition) is 4. The van der Waals surface area contributed by atoms with E-state index in [9.17, 15) is 4.79 Å². The van der Waals surface area contributed by atoms with Crippen LogP contribution in [0.3, 0.4) is 0 Å². The van der Waals surface area contributed by atoms with Crippen molar-refractivity contribution in [1.82, 2.24) is 4.98 Å². The molecule has 0 saturated carbocycles. The van der Waals surface area contributed by atoms with Crippen molar-refractivity contribution in [2.75, 3.05) is 18.5 Å². The Labute approximate surface area is 142 Å². The van der Waals surface area contributed by atoms with Crippen LogP contribution in [0.5, 0.6) is 5.88 Å². The summed E-state index contributed by atoms with van der Waals surface area (Å²) in [4.78, 5) is 16.7. The fraction of sp³-hybridized carbons (Fsp3) is 0.368. The van der Waals surface area contributed by atoms with Crippen molar-refractivity contribution in [3.63, 3.8) is 0 Å². The monoisotopic (exact) mass is 326 g/mol. The number of nitrogens with zero attached hydrogens (tertiary/aromatic N) is 1. The topological polar surface area (TPSA) is 60.5 Å². The maximum atomic E-state index is 12.6. The lowest BCUT2D eigenvalue weighted by atomic mass is 10.0. The summed E-state index contributed by atoms with van der Waals surface area (Å²) in [7, 11) is 0. The summed E-state index contributed by atoms with van der Waals surface area (Å²) in [6.45, 7) is 5.48. The molecule has 0 aliphatic carbocycles. The highest BCUT2D eigenvalue weighted by molar-refractivity contribution is 6.04. The molecule has 1 aliphatic rings. The van der Waals surface area contributed by atoms with E-state index in [-0.39, 0.29) is 12.0 Å². The van der Waals surface area contributed by atoms with Crippen LogP contribution in [0.4, 0.5) is 5.69 Å². The Balaban J connectivity index is 1.73. The molecule has 5 heteroatoms. The molecule has 1 aromatic carbocycles. The molecule has 126 valence electrons. The van der Waals surface area contributed by atoms with E-state index in [4.69, 9.17) is 9.47 Å². The molecule has 1 amide bonds. The lowest BCUT2D eigenvalue weighted by molar-refractivity contribution is 0.102. The molecule has 1 saturated heterocycles. The van der Waals surface area contributed by atoms with Gasteiger partial charge in [0.2, 0.25) is 5.88 Å². The Morgan fingerprint density at radius 1 is 1.33 bits per heavy atom. The highest BCUT2D eigenvalue weighted by Gasteiger charge is 2.18. The largest absolute Gasteiger partial charge is 0.472 e. The van der Waals surface area contributed by atoms with Gasteiger partial charge in [-0.05, 0) is 23.6 Å². The van der Waals surface area contributed by atoms with Crippen LogP contribution < -0.4 is 10.1 Å². The molecule has 3 rings (SSSR count). The van der Waals surface area contributed by atoms with Crippen LogP contribution in [-0.2, 0) is 4.74 Å². The minimum atomic E-state index is -0.168. The molecule has 1 aromatic heterocycles. The van der Waals surface area contributed by atoms with Gasteiger partial charge in [0.25, 0.3) is 5.91 Å². The van der Waals surface area contributed by atoms with Crippen LogP contribution in [0.2, 0.25) is 0 Å². The number of carbonyl (C=O) groups is 1. The number of anilines is 1. The quantitative estimate of drug-likeness (QED) is 0.911. The van der Waals surface area contributed by atoms with Gasteiger partial charge in [0.05, 0.1) is 13.2 Å². The summed E-state index contributed by atoms with van der Waals surface area (Å²) in [6, 6.07) is 11.2. The average molecular weight is 326 g/mol. The van der Waals surface area contributed by atoms with Gasteiger partial charge in [0.15, 0.2) is 0 Å². The van der Waals surface area contributed by atoms with Crippen molar-refractivity contribution >= 4 is 11.6 Å². The highest BCUT2D eigenvalue weighted by Crippen LogP contribution is 2.24. The maximum Gasteiger partial charge on any atom is 0.255 e. The zero-order valence-electron chi connectivity index (χ0n) is 14.0. The predicted molar refractivity (Wildman–Crippen MR) is 92.6 cm³/mol. The molecule has 1 atom stereocenters. The van der Waals surface area contributed by atoms with Crippen LogP contribution in [0, 0.1) is 0 Å². The molecule has 5 nitrogen and oxygen atoms in total. The molecule has 1 N–H and O–H groups in total. The third kappa shape index (κ3) is 3.92. The lowest BCUT2D eigenvalue weighted by Gasteiger charge is -2.14. The number of para-hydroxylation sites is 1. The summed E-state index contributed by atoms with van der Waals surface area (Å²) >= 11 is 0. The lowest BCUT2D eigenvalue weighted by Crippen LogP contribution is -2.18. The number of amides is 1. The molecule has 1 aliphatic heterocycles. The van der Waals surface area contributed by atoms with Crippen LogP contribution in [0.15, 0.2) is 42.6 Å². The number of carbonyl (C=O) groups excluding carboxylic acids is 1. The number of benzene rings is 1. The van der Waals surface area contributed by atoms with Gasteiger partial charge in [0, 0.05) is 29.9 Å². The zero-order chi connectivity index (χ0) is 16.9. The smallest absolute Gasteiger partial charge is 0.255 e. The Kier molecular flexibility index (Phi) is 5.11. The Morgan fingerprint density at radius 2 is 2.17 bits per heavy atom. The first-order chi connectivity index (χ1) is 11.6. The standard InChI is InChI=1S/C19H22N2O3/c1-13(2)16-5-3-4-6-17(16)21-19(22)14-7-9-20-18(11-14)24-15-8-10-23-12-15/h3-7,9,11,13,15H,8,10,12H2,1-2H3,(H,21,22). The predicted octanol–water partition coefficient (Wildman–Crippen LogP) is 3.63. The second-order valence-electron chi connectivity index (χ2n) is 6.18. The Bertz CT molecular complexity index is 709. The fourth-order valence-corrected chi connectivity index (χ4v) is 2.70. The molecular weight excluding hydrogens is 304 g/mol. The van der Waals surface area contributed by atoms with Gasteiger partial charge in [-0.2, -0.15) is 0 Å². The van der Waals surface area contributed by atoms with E-state index in [2.05, 4.69) is 24.1 Å². The van der Waals surface area contributed by atoms with E-state index >= 15 is 0 Å². The Hall–Kier alpha value is -2.40. The zero-order valence-corrected chi connectivity index (χ0v) is 14.0. The second-order valence-corrected chi connectivity index (χ2v) is 6.18. The molecule has 0 spiro atoms. The third-order valence-electron chi connectivity index (χ3n) is 4.00. The summed E-state index contributed by atoms with van der Waals surface area (Å²) in [5.74, 6) is 0.619. The fourth-order valence-electron chi connectivity index (χ4n) is 2.70. The first-order valence-electron chi connectivity index (χ1n) is 8.24. The number of rotatable bonds is 5.